The fraction of sp³-hybridized carbons (Fsp3) is 0.545. The molecule has 0 radical (unpaired) electrons. The molecule has 1 aliphatic rings. The van der Waals surface area contributed by atoms with E-state index in [2.05, 4.69) is 62.5 Å². The van der Waals surface area contributed by atoms with Gasteiger partial charge in [-0.1, -0.05) is 176 Å². The number of esters is 2. The van der Waals surface area contributed by atoms with Crippen molar-refractivity contribution in [2.75, 3.05) is 0 Å². The summed E-state index contributed by atoms with van der Waals surface area (Å²) in [6, 6.07) is 30.3. The minimum absolute atomic E-state index is 0.0885. The van der Waals surface area contributed by atoms with Gasteiger partial charge in [0.25, 0.3) is 0 Å². The molecule has 0 aliphatic carbocycles. The molecule has 1 aliphatic heterocycles. The second-order valence-electron chi connectivity index (χ2n) is 14.5. The predicted octanol–water partition coefficient (Wildman–Crippen LogP) is 10.5. The number of rotatable bonds is 23. The van der Waals surface area contributed by atoms with E-state index in [1.54, 1.807) is 0 Å². The quantitative estimate of drug-likeness (QED) is 0.0619. The van der Waals surface area contributed by atoms with Crippen molar-refractivity contribution in [3.8, 4) is 0 Å². The molecule has 5 nitrogen and oxygen atoms in total. The van der Waals surface area contributed by atoms with Gasteiger partial charge < -0.3 is 9.47 Å². The minimum atomic E-state index is -0.777. The third-order valence-electron chi connectivity index (χ3n) is 10.1. The Morgan fingerprint density at radius 2 is 1.20 bits per heavy atom. The van der Waals surface area contributed by atoms with Crippen molar-refractivity contribution in [2.24, 2.45) is 11.8 Å². The zero-order valence-electron chi connectivity index (χ0n) is 30.6. The summed E-state index contributed by atoms with van der Waals surface area (Å²) in [5.41, 5.74) is 2.36. The van der Waals surface area contributed by atoms with E-state index in [-0.39, 0.29) is 30.1 Å². The van der Waals surface area contributed by atoms with E-state index in [0.29, 0.717) is 6.42 Å². The van der Waals surface area contributed by atoms with Gasteiger partial charge in [-0.25, -0.2) is 0 Å². The first-order chi connectivity index (χ1) is 23.8. The number of hydrogen-bond acceptors (Lipinski definition) is 5. The molecule has 1 heterocycles. The van der Waals surface area contributed by atoms with E-state index in [4.69, 9.17) is 9.47 Å². The third kappa shape index (κ3) is 11.3. The Balaban J connectivity index is 1.46. The molecule has 266 valence electrons. The van der Waals surface area contributed by atoms with Gasteiger partial charge in [0.2, 0.25) is 0 Å². The maximum Gasteiger partial charge on any atom is 0.323 e. The van der Waals surface area contributed by atoms with Crippen LogP contribution >= 0.6 is 0 Å². The fourth-order valence-electron chi connectivity index (χ4n) is 7.29. The molecule has 3 aromatic carbocycles. The van der Waals surface area contributed by atoms with E-state index in [0.717, 1.165) is 61.1 Å². The number of carbonyl (C=O) groups is 2. The van der Waals surface area contributed by atoms with Crippen molar-refractivity contribution in [3.05, 3.63) is 108 Å². The van der Waals surface area contributed by atoms with Gasteiger partial charge in [0.05, 0.1) is 11.5 Å². The molecule has 4 rings (SSSR count). The van der Waals surface area contributed by atoms with Crippen molar-refractivity contribution in [1.29, 1.82) is 0 Å². The number of benzene rings is 3. The Morgan fingerprint density at radius 1 is 0.714 bits per heavy atom. The lowest BCUT2D eigenvalue weighted by Gasteiger charge is -2.39. The highest BCUT2D eigenvalue weighted by atomic mass is 16.6. The van der Waals surface area contributed by atoms with E-state index in [1.807, 2.05) is 61.5 Å². The summed E-state index contributed by atoms with van der Waals surface area (Å²) in [4.78, 5) is 26.6. The highest BCUT2D eigenvalue weighted by Crippen LogP contribution is 2.38. The Kier molecular flexibility index (Phi) is 15.9. The zero-order valence-corrected chi connectivity index (χ0v) is 30.6. The Morgan fingerprint density at radius 3 is 1.71 bits per heavy atom. The second kappa shape index (κ2) is 20.3. The molecule has 1 saturated heterocycles. The van der Waals surface area contributed by atoms with E-state index < -0.39 is 11.6 Å². The Hall–Kier alpha value is -3.44. The molecule has 0 amide bonds. The van der Waals surface area contributed by atoms with Crippen LogP contribution < -0.4 is 5.32 Å². The summed E-state index contributed by atoms with van der Waals surface area (Å²) in [7, 11) is 0. The smallest absolute Gasteiger partial charge is 0.323 e. The largest absolute Gasteiger partial charge is 0.461 e. The van der Waals surface area contributed by atoms with Crippen LogP contribution in [-0.2, 0) is 24.6 Å². The summed E-state index contributed by atoms with van der Waals surface area (Å²) in [6.45, 7) is 8.68. The molecule has 49 heavy (non-hydrogen) atoms. The van der Waals surface area contributed by atoms with Crippen LogP contribution in [-0.4, -0.2) is 30.2 Å². The molecule has 0 aromatic heterocycles. The first-order valence-electron chi connectivity index (χ1n) is 19.2. The summed E-state index contributed by atoms with van der Waals surface area (Å²) >= 11 is 0. The average Bonchev–Trinajstić information content (AvgIpc) is 3.12. The van der Waals surface area contributed by atoms with Crippen LogP contribution in [0.4, 0.5) is 0 Å². The van der Waals surface area contributed by atoms with Gasteiger partial charge in [-0.3, -0.25) is 14.9 Å². The van der Waals surface area contributed by atoms with E-state index >= 15 is 0 Å². The monoisotopic (exact) mass is 667 g/mol. The van der Waals surface area contributed by atoms with Crippen LogP contribution in [0.15, 0.2) is 91.0 Å². The van der Waals surface area contributed by atoms with Crippen molar-refractivity contribution >= 4 is 11.9 Å². The van der Waals surface area contributed by atoms with Crippen LogP contribution in [0.25, 0.3) is 0 Å². The lowest BCUT2D eigenvalue weighted by molar-refractivity contribution is -0.190. The van der Waals surface area contributed by atoms with E-state index in [1.165, 1.54) is 44.9 Å². The first-order valence-corrected chi connectivity index (χ1v) is 19.2. The molecule has 5 heteroatoms. The first kappa shape index (κ1) is 38.4. The van der Waals surface area contributed by atoms with Crippen molar-refractivity contribution in [2.45, 2.75) is 141 Å². The molecule has 0 unspecified atom stereocenters. The number of ether oxygens (including phenoxy) is 2. The highest BCUT2D eigenvalue weighted by Gasteiger charge is 2.44. The topological polar surface area (TPSA) is 64.6 Å². The number of unbranched alkanes of at least 4 members (excludes halogenated alkanes) is 8. The van der Waals surface area contributed by atoms with Gasteiger partial charge in [0.15, 0.2) is 0 Å². The Bertz CT molecular complexity index is 1260. The summed E-state index contributed by atoms with van der Waals surface area (Å²) in [5, 5.41) is 3.76. The molecule has 0 spiro atoms. The van der Waals surface area contributed by atoms with Crippen LogP contribution in [0.5, 0.6) is 0 Å². The van der Waals surface area contributed by atoms with Crippen molar-refractivity contribution < 1.29 is 19.1 Å². The van der Waals surface area contributed by atoms with Crippen molar-refractivity contribution in [1.82, 2.24) is 5.32 Å². The van der Waals surface area contributed by atoms with Gasteiger partial charge in [-0.05, 0) is 48.8 Å². The SMILES string of the molecule is CCCCCCC[C@@H](C[C@@H]1OC(=O)[C@H]1CCCCCCCC(C)C)OC(=O)[C@H](C)NC(c1ccccc1)(c1ccccc1)c1ccccc1. The lowest BCUT2D eigenvalue weighted by atomic mass is 9.76. The van der Waals surface area contributed by atoms with Crippen molar-refractivity contribution in [3.63, 3.8) is 0 Å². The van der Waals surface area contributed by atoms with Crippen LogP contribution in [0.3, 0.4) is 0 Å². The van der Waals surface area contributed by atoms with Crippen LogP contribution in [0.2, 0.25) is 0 Å². The molecule has 0 bridgehead atoms. The fourth-order valence-corrected chi connectivity index (χ4v) is 7.29. The van der Waals surface area contributed by atoms with Gasteiger partial charge in [0.1, 0.15) is 18.2 Å². The van der Waals surface area contributed by atoms with Gasteiger partial charge in [0, 0.05) is 6.42 Å². The molecule has 4 atom stereocenters. The normalized spacial score (nSPS) is 17.3. The summed E-state index contributed by atoms with van der Waals surface area (Å²) < 4.78 is 12.1. The van der Waals surface area contributed by atoms with Crippen LogP contribution in [0.1, 0.15) is 134 Å². The van der Waals surface area contributed by atoms with Gasteiger partial charge >= 0.3 is 11.9 Å². The summed E-state index contributed by atoms with van der Waals surface area (Å²) in [5.74, 6) is 0.298. The number of hydrogen-bond donors (Lipinski definition) is 1. The number of cyclic esters (lactones) is 1. The van der Waals surface area contributed by atoms with Gasteiger partial charge in [-0.15, -0.1) is 0 Å². The molecule has 1 N–H and O–H groups in total. The second-order valence-corrected chi connectivity index (χ2v) is 14.5. The highest BCUT2D eigenvalue weighted by molar-refractivity contribution is 5.78. The number of carbonyl (C=O) groups excluding carboxylic acids is 2. The molecular formula is C44H61NO4. The molecule has 3 aromatic rings. The maximum atomic E-state index is 14.0. The standard InChI is InChI=1S/C44H61NO4/c1-5-6-7-9-22-31-39(33-41-40(43(47)49-41)32-23-11-8-10-15-24-34(2)3)48-42(46)35(4)45-44(36-25-16-12-17-26-36,37-27-18-13-19-28-37)38-29-20-14-21-30-38/h12-14,16-21,25-30,34-35,39-41,45H,5-11,15,22-24,31-33H2,1-4H3/t35-,39-,40-,41-/m0/s1. The predicted molar refractivity (Wildman–Crippen MR) is 200 cm³/mol. The minimum Gasteiger partial charge on any atom is -0.461 e. The molecule has 0 saturated carbocycles. The third-order valence-corrected chi connectivity index (χ3v) is 10.1. The van der Waals surface area contributed by atoms with E-state index in [9.17, 15) is 9.59 Å². The summed E-state index contributed by atoms with van der Waals surface area (Å²) in [6.07, 6.45) is 14.7. The Labute approximate surface area is 296 Å². The molecular weight excluding hydrogens is 606 g/mol. The lowest BCUT2D eigenvalue weighted by Crippen LogP contribution is -2.52. The number of nitrogens with one attached hydrogen (secondary N) is 1. The zero-order chi connectivity index (χ0) is 34.9. The van der Waals surface area contributed by atoms with Gasteiger partial charge in [-0.2, -0.15) is 0 Å². The molecule has 1 fully saturated rings. The van der Waals surface area contributed by atoms with Crippen LogP contribution in [0, 0.1) is 11.8 Å². The average molecular weight is 668 g/mol. The maximum absolute atomic E-state index is 14.0.